The highest BCUT2D eigenvalue weighted by Gasteiger charge is 2.23. The highest BCUT2D eigenvalue weighted by molar-refractivity contribution is 5.85. The predicted octanol–water partition coefficient (Wildman–Crippen LogP) is 3.11. The van der Waals surface area contributed by atoms with Crippen LogP contribution in [0.25, 0.3) is 0 Å². The lowest BCUT2D eigenvalue weighted by Crippen LogP contribution is -2.42. The molecule has 1 aliphatic heterocycles. The molecule has 1 fully saturated rings. The smallest absolute Gasteiger partial charge is 0.237 e. The van der Waals surface area contributed by atoms with Crippen LogP contribution in [0.4, 0.5) is 0 Å². The van der Waals surface area contributed by atoms with Crippen LogP contribution in [-0.2, 0) is 4.79 Å². The van der Waals surface area contributed by atoms with Crippen LogP contribution in [0.5, 0.6) is 0 Å². The Morgan fingerprint density at radius 3 is 2.09 bits per heavy atom. The van der Waals surface area contributed by atoms with Crippen molar-refractivity contribution in [1.29, 1.82) is 0 Å². The number of nitrogens with one attached hydrogen (secondary N) is 2. The molecule has 0 radical (unpaired) electrons. The topological polar surface area (TPSA) is 41.1 Å². The Balaban J connectivity index is 0.00000192. The van der Waals surface area contributed by atoms with Gasteiger partial charge in [-0.25, -0.2) is 0 Å². The molecule has 0 aromatic heterocycles. The Hall–Kier alpha value is -1.84. The first-order valence-corrected chi connectivity index (χ1v) is 7.95. The summed E-state index contributed by atoms with van der Waals surface area (Å²) in [7, 11) is 0. The summed E-state index contributed by atoms with van der Waals surface area (Å²) in [5.74, 6) is 0.308. The Morgan fingerprint density at radius 1 is 1.04 bits per heavy atom. The molecule has 1 heterocycles. The fourth-order valence-electron chi connectivity index (χ4n) is 3.03. The molecule has 1 saturated heterocycles. The van der Waals surface area contributed by atoms with Gasteiger partial charge in [0.2, 0.25) is 5.91 Å². The van der Waals surface area contributed by atoms with Crippen LogP contribution >= 0.6 is 12.4 Å². The maximum Gasteiger partial charge on any atom is 0.237 e. The second-order valence-corrected chi connectivity index (χ2v) is 5.77. The third kappa shape index (κ3) is 4.57. The van der Waals surface area contributed by atoms with E-state index in [9.17, 15) is 4.79 Å². The van der Waals surface area contributed by atoms with Crippen molar-refractivity contribution in [2.24, 2.45) is 0 Å². The van der Waals surface area contributed by atoms with Gasteiger partial charge in [0.15, 0.2) is 0 Å². The summed E-state index contributed by atoms with van der Waals surface area (Å²) in [6.07, 6.45) is 2.02. The van der Waals surface area contributed by atoms with Crippen molar-refractivity contribution in [3.05, 3.63) is 71.8 Å². The summed E-state index contributed by atoms with van der Waals surface area (Å²) in [5, 5.41) is 6.37. The zero-order valence-electron chi connectivity index (χ0n) is 13.1. The third-order valence-corrected chi connectivity index (χ3v) is 4.26. The van der Waals surface area contributed by atoms with Gasteiger partial charge in [-0.2, -0.15) is 0 Å². The number of carbonyl (C=O) groups is 1. The van der Waals surface area contributed by atoms with Gasteiger partial charge in [-0.15, -0.1) is 12.4 Å². The van der Waals surface area contributed by atoms with Gasteiger partial charge in [0, 0.05) is 12.5 Å². The van der Waals surface area contributed by atoms with Crippen LogP contribution in [0, 0.1) is 0 Å². The first-order valence-electron chi connectivity index (χ1n) is 7.95. The average Bonchev–Trinajstić information content (AvgIpc) is 3.11. The fourth-order valence-corrected chi connectivity index (χ4v) is 3.03. The number of hydrogen-bond donors (Lipinski definition) is 2. The fraction of sp³-hybridized carbons (Fsp3) is 0.316. The van der Waals surface area contributed by atoms with Crippen LogP contribution in [-0.4, -0.2) is 25.0 Å². The van der Waals surface area contributed by atoms with E-state index >= 15 is 0 Å². The van der Waals surface area contributed by atoms with Crippen molar-refractivity contribution >= 4 is 18.3 Å². The molecule has 1 amide bonds. The third-order valence-electron chi connectivity index (χ3n) is 4.26. The zero-order chi connectivity index (χ0) is 15.2. The summed E-state index contributed by atoms with van der Waals surface area (Å²) in [6, 6.07) is 20.7. The van der Waals surface area contributed by atoms with Crippen molar-refractivity contribution in [1.82, 2.24) is 10.6 Å². The SMILES string of the molecule is Cl.O=C(NCC(c1ccccc1)c1ccccc1)[C@H]1CCCN1. The molecule has 2 aromatic carbocycles. The van der Waals surface area contributed by atoms with E-state index in [0.717, 1.165) is 19.4 Å². The normalized spacial score (nSPS) is 16.8. The standard InChI is InChI=1S/C19H22N2O.ClH/c22-19(18-12-7-13-20-18)21-14-17(15-8-3-1-4-9-15)16-10-5-2-6-11-16;/h1-6,8-11,17-18,20H,7,12-14H2,(H,21,22);1H/t18-;/m1./s1. The maximum atomic E-state index is 12.2. The zero-order valence-corrected chi connectivity index (χ0v) is 13.9. The Morgan fingerprint density at radius 2 is 1.61 bits per heavy atom. The highest BCUT2D eigenvalue weighted by Crippen LogP contribution is 2.23. The molecular weight excluding hydrogens is 308 g/mol. The molecule has 3 nitrogen and oxygen atoms in total. The molecule has 1 aliphatic rings. The lowest BCUT2D eigenvalue weighted by atomic mass is 9.91. The van der Waals surface area contributed by atoms with E-state index in [2.05, 4.69) is 34.9 Å². The van der Waals surface area contributed by atoms with Crippen molar-refractivity contribution in [2.45, 2.75) is 24.8 Å². The molecule has 2 aromatic rings. The summed E-state index contributed by atoms with van der Waals surface area (Å²) >= 11 is 0. The van der Waals surface area contributed by atoms with Crippen LogP contribution in [0.15, 0.2) is 60.7 Å². The van der Waals surface area contributed by atoms with E-state index in [0.29, 0.717) is 6.54 Å². The molecule has 0 saturated carbocycles. The van der Waals surface area contributed by atoms with Crippen molar-refractivity contribution in [3.63, 3.8) is 0 Å². The van der Waals surface area contributed by atoms with Gasteiger partial charge in [0.05, 0.1) is 6.04 Å². The van der Waals surface area contributed by atoms with E-state index in [4.69, 9.17) is 0 Å². The van der Waals surface area contributed by atoms with Crippen LogP contribution in [0.1, 0.15) is 29.9 Å². The van der Waals surface area contributed by atoms with Crippen LogP contribution in [0.2, 0.25) is 0 Å². The maximum absolute atomic E-state index is 12.2. The molecule has 122 valence electrons. The minimum absolute atomic E-state index is 0. The van der Waals surface area contributed by atoms with Gasteiger partial charge in [-0.3, -0.25) is 4.79 Å². The van der Waals surface area contributed by atoms with Crippen LogP contribution < -0.4 is 10.6 Å². The van der Waals surface area contributed by atoms with E-state index in [1.807, 2.05) is 36.4 Å². The second kappa shape index (κ2) is 8.70. The second-order valence-electron chi connectivity index (χ2n) is 5.77. The first-order chi connectivity index (χ1) is 10.8. The van der Waals surface area contributed by atoms with Crippen molar-refractivity contribution < 1.29 is 4.79 Å². The van der Waals surface area contributed by atoms with Gasteiger partial charge in [-0.1, -0.05) is 60.7 Å². The number of amides is 1. The van der Waals surface area contributed by atoms with E-state index in [1.54, 1.807) is 0 Å². The lowest BCUT2D eigenvalue weighted by Gasteiger charge is -2.20. The molecule has 4 heteroatoms. The number of hydrogen-bond acceptors (Lipinski definition) is 2. The quantitative estimate of drug-likeness (QED) is 0.884. The van der Waals surface area contributed by atoms with E-state index < -0.39 is 0 Å². The Labute approximate surface area is 143 Å². The van der Waals surface area contributed by atoms with Crippen LogP contribution in [0.3, 0.4) is 0 Å². The van der Waals surface area contributed by atoms with Gasteiger partial charge in [0.1, 0.15) is 0 Å². The summed E-state index contributed by atoms with van der Waals surface area (Å²) in [5.41, 5.74) is 2.46. The predicted molar refractivity (Wildman–Crippen MR) is 96.0 cm³/mol. The molecule has 23 heavy (non-hydrogen) atoms. The Kier molecular flexibility index (Phi) is 6.63. The monoisotopic (exact) mass is 330 g/mol. The molecule has 0 spiro atoms. The minimum Gasteiger partial charge on any atom is -0.354 e. The molecule has 2 N–H and O–H groups in total. The number of rotatable bonds is 5. The minimum atomic E-state index is -0.0211. The molecule has 0 unspecified atom stereocenters. The summed E-state index contributed by atoms with van der Waals surface area (Å²) < 4.78 is 0. The van der Waals surface area contributed by atoms with Gasteiger partial charge >= 0.3 is 0 Å². The number of halogens is 1. The first kappa shape index (κ1) is 17.5. The molecule has 0 bridgehead atoms. The summed E-state index contributed by atoms with van der Waals surface area (Å²) in [4.78, 5) is 12.2. The molecular formula is C19H23ClN2O. The van der Waals surface area contributed by atoms with Gasteiger partial charge in [-0.05, 0) is 30.5 Å². The summed E-state index contributed by atoms with van der Waals surface area (Å²) in [6.45, 7) is 1.57. The number of benzene rings is 2. The Bertz CT molecular complexity index is 558. The lowest BCUT2D eigenvalue weighted by molar-refractivity contribution is -0.122. The van der Waals surface area contributed by atoms with Crippen molar-refractivity contribution in [3.8, 4) is 0 Å². The van der Waals surface area contributed by atoms with E-state index in [1.165, 1.54) is 11.1 Å². The van der Waals surface area contributed by atoms with E-state index in [-0.39, 0.29) is 30.3 Å². The number of carbonyl (C=O) groups excluding carboxylic acids is 1. The van der Waals surface area contributed by atoms with Gasteiger partial charge < -0.3 is 10.6 Å². The molecule has 3 rings (SSSR count). The molecule has 0 aliphatic carbocycles. The van der Waals surface area contributed by atoms with Gasteiger partial charge in [0.25, 0.3) is 0 Å². The highest BCUT2D eigenvalue weighted by atomic mass is 35.5. The average molecular weight is 331 g/mol. The largest absolute Gasteiger partial charge is 0.354 e. The molecule has 1 atom stereocenters. The van der Waals surface area contributed by atoms with Crippen molar-refractivity contribution in [2.75, 3.05) is 13.1 Å².